The Labute approximate surface area is 91.5 Å². The number of nitrogen functional groups attached to an aromatic ring is 1. The molecule has 2 rings (SSSR count). The Morgan fingerprint density at radius 1 is 1.25 bits per heavy atom. The fraction of sp³-hybridized carbons (Fsp3) is 0.500. The lowest BCUT2D eigenvalue weighted by molar-refractivity contribution is 0.259. The van der Waals surface area contributed by atoms with Gasteiger partial charge < -0.3 is 15.9 Å². The predicted molar refractivity (Wildman–Crippen MR) is 57.5 cm³/mol. The van der Waals surface area contributed by atoms with E-state index in [2.05, 4.69) is 10.2 Å². The number of nitrogens with two attached hydrogens (primary N) is 1. The second-order valence-electron chi connectivity index (χ2n) is 3.27. The van der Waals surface area contributed by atoms with Crippen molar-refractivity contribution in [3.63, 3.8) is 0 Å². The van der Waals surface area contributed by atoms with E-state index < -0.39 is 0 Å². The molecule has 0 aromatic carbocycles. The molecule has 2 aromatic rings. The molecule has 8 nitrogen and oxygen atoms in total. The molecule has 2 heterocycles. The monoisotopic (exact) mass is 226 g/mol. The third kappa shape index (κ3) is 1.68. The summed E-state index contributed by atoms with van der Waals surface area (Å²) in [5.74, 6) is 0.265. The van der Waals surface area contributed by atoms with Crippen molar-refractivity contribution in [3.05, 3.63) is 12.3 Å². The van der Waals surface area contributed by atoms with E-state index >= 15 is 0 Å². The summed E-state index contributed by atoms with van der Waals surface area (Å²) in [7, 11) is 0. The largest absolute Gasteiger partial charge is 0.394 e. The van der Waals surface area contributed by atoms with E-state index in [1.807, 2.05) is 0 Å². The molecule has 0 unspecified atom stereocenters. The highest BCUT2D eigenvalue weighted by atomic mass is 16.3. The van der Waals surface area contributed by atoms with E-state index in [1.54, 1.807) is 26.6 Å². The number of aromatic nitrogens is 4. The van der Waals surface area contributed by atoms with Crippen molar-refractivity contribution in [1.82, 2.24) is 19.5 Å². The number of hydrogen-bond acceptors (Lipinski definition) is 6. The predicted octanol–water partition coefficient (Wildman–Crippen LogP) is -1.96. The minimum absolute atomic E-state index is 0.0122. The standard InChI is InChI=1S/C8H14N6O2/c9-8-11-10-7-1-2-13(14(7)8)12(3-5-15)4-6-16/h1-2,15-16H,3-6H2,(H2,9,11). The van der Waals surface area contributed by atoms with E-state index in [9.17, 15) is 0 Å². The molecule has 2 aromatic heterocycles. The molecule has 0 spiro atoms. The summed E-state index contributed by atoms with van der Waals surface area (Å²) in [6.45, 7) is 0.757. The fourth-order valence-electron chi connectivity index (χ4n) is 1.59. The first-order valence-electron chi connectivity index (χ1n) is 4.93. The first-order valence-corrected chi connectivity index (χ1v) is 4.93. The number of aliphatic hydroxyl groups is 2. The molecule has 0 saturated heterocycles. The van der Waals surface area contributed by atoms with Crippen LogP contribution in [0.3, 0.4) is 0 Å². The van der Waals surface area contributed by atoms with Crippen molar-refractivity contribution >= 4 is 11.6 Å². The van der Waals surface area contributed by atoms with E-state index in [1.165, 1.54) is 0 Å². The zero-order chi connectivity index (χ0) is 11.5. The molecule has 16 heavy (non-hydrogen) atoms. The van der Waals surface area contributed by atoms with Crippen LogP contribution in [0.25, 0.3) is 5.65 Å². The summed E-state index contributed by atoms with van der Waals surface area (Å²) >= 11 is 0. The lowest BCUT2D eigenvalue weighted by atomic mass is 10.6. The molecule has 0 aliphatic carbocycles. The minimum Gasteiger partial charge on any atom is -0.394 e. The van der Waals surface area contributed by atoms with Crippen LogP contribution in [-0.2, 0) is 0 Å². The number of aliphatic hydroxyl groups excluding tert-OH is 2. The molecular formula is C8H14N6O2. The smallest absolute Gasteiger partial charge is 0.243 e. The van der Waals surface area contributed by atoms with Gasteiger partial charge in [0, 0.05) is 12.3 Å². The van der Waals surface area contributed by atoms with Gasteiger partial charge >= 0.3 is 0 Å². The molecular weight excluding hydrogens is 212 g/mol. The van der Waals surface area contributed by atoms with Crippen LogP contribution in [0.4, 0.5) is 5.95 Å². The van der Waals surface area contributed by atoms with Crippen molar-refractivity contribution in [2.45, 2.75) is 0 Å². The average Bonchev–Trinajstić information content (AvgIpc) is 2.82. The first kappa shape index (κ1) is 10.7. The van der Waals surface area contributed by atoms with E-state index in [0.717, 1.165) is 0 Å². The zero-order valence-electron chi connectivity index (χ0n) is 8.69. The van der Waals surface area contributed by atoms with Gasteiger partial charge in [-0.15, -0.1) is 10.2 Å². The van der Waals surface area contributed by atoms with Gasteiger partial charge in [0.15, 0.2) is 5.65 Å². The summed E-state index contributed by atoms with van der Waals surface area (Å²) in [4.78, 5) is 1.68. The van der Waals surface area contributed by atoms with Crippen LogP contribution in [0.15, 0.2) is 12.3 Å². The highest BCUT2D eigenvalue weighted by Gasteiger charge is 2.11. The van der Waals surface area contributed by atoms with Gasteiger partial charge in [0.05, 0.1) is 26.3 Å². The van der Waals surface area contributed by atoms with Gasteiger partial charge in [-0.1, -0.05) is 0 Å². The molecule has 88 valence electrons. The Morgan fingerprint density at radius 2 is 1.94 bits per heavy atom. The van der Waals surface area contributed by atoms with Crippen molar-refractivity contribution in [2.24, 2.45) is 0 Å². The van der Waals surface area contributed by atoms with Crippen LogP contribution in [0.2, 0.25) is 0 Å². The number of anilines is 1. The van der Waals surface area contributed by atoms with Gasteiger partial charge in [0.1, 0.15) is 0 Å². The van der Waals surface area contributed by atoms with Gasteiger partial charge in [-0.05, 0) is 0 Å². The van der Waals surface area contributed by atoms with Gasteiger partial charge in [-0.25, -0.2) is 0 Å². The molecule has 0 aliphatic heterocycles. The second kappa shape index (κ2) is 4.37. The summed E-state index contributed by atoms with van der Waals surface area (Å²) in [6, 6.07) is 1.76. The van der Waals surface area contributed by atoms with E-state index in [-0.39, 0.29) is 19.2 Å². The summed E-state index contributed by atoms with van der Waals surface area (Å²) < 4.78 is 1.60. The van der Waals surface area contributed by atoms with Crippen LogP contribution < -0.4 is 10.7 Å². The van der Waals surface area contributed by atoms with Crippen molar-refractivity contribution in [2.75, 3.05) is 37.0 Å². The van der Waals surface area contributed by atoms with Gasteiger partial charge in [-0.3, -0.25) is 5.01 Å². The molecule has 0 atom stereocenters. The molecule has 0 aliphatic rings. The van der Waals surface area contributed by atoms with Crippen molar-refractivity contribution in [1.29, 1.82) is 0 Å². The van der Waals surface area contributed by atoms with Crippen LogP contribution in [0.5, 0.6) is 0 Å². The molecule has 0 bridgehead atoms. The maximum absolute atomic E-state index is 8.95. The van der Waals surface area contributed by atoms with Crippen molar-refractivity contribution < 1.29 is 10.2 Å². The van der Waals surface area contributed by atoms with Crippen LogP contribution in [0.1, 0.15) is 0 Å². The molecule has 0 saturated carbocycles. The third-order valence-electron chi connectivity index (χ3n) is 2.26. The van der Waals surface area contributed by atoms with Gasteiger partial charge in [0.25, 0.3) is 0 Å². The number of hydrogen-bond donors (Lipinski definition) is 3. The first-order chi connectivity index (χ1) is 7.77. The quantitative estimate of drug-likeness (QED) is 0.546. The lowest BCUT2D eigenvalue weighted by Crippen LogP contribution is -2.41. The Kier molecular flexibility index (Phi) is 2.93. The lowest BCUT2D eigenvalue weighted by Gasteiger charge is -2.24. The molecule has 4 N–H and O–H groups in total. The molecule has 0 amide bonds. The molecule has 8 heteroatoms. The van der Waals surface area contributed by atoms with E-state index in [4.69, 9.17) is 15.9 Å². The third-order valence-corrected chi connectivity index (χ3v) is 2.26. The summed E-state index contributed by atoms with van der Waals surface area (Å²) in [5, 5.41) is 27.2. The Balaban J connectivity index is 2.38. The maximum Gasteiger partial charge on any atom is 0.243 e. The normalized spacial score (nSPS) is 11.1. The SMILES string of the molecule is Nc1nnc2ccn(N(CCO)CCO)n12. The Morgan fingerprint density at radius 3 is 2.56 bits per heavy atom. The topological polar surface area (TPSA) is 105 Å². The van der Waals surface area contributed by atoms with Gasteiger partial charge in [0.2, 0.25) is 5.95 Å². The summed E-state index contributed by atoms with van der Waals surface area (Å²) in [6.07, 6.45) is 1.76. The Hall–Kier alpha value is -1.80. The van der Waals surface area contributed by atoms with Crippen LogP contribution >= 0.6 is 0 Å². The molecule has 0 fully saturated rings. The highest BCUT2D eigenvalue weighted by Crippen LogP contribution is 2.06. The van der Waals surface area contributed by atoms with Crippen molar-refractivity contribution in [3.8, 4) is 0 Å². The highest BCUT2D eigenvalue weighted by molar-refractivity contribution is 5.41. The van der Waals surface area contributed by atoms with E-state index in [0.29, 0.717) is 18.7 Å². The number of nitrogens with zero attached hydrogens (tertiary/aromatic N) is 5. The second-order valence-corrected chi connectivity index (χ2v) is 3.27. The molecule has 0 radical (unpaired) electrons. The maximum atomic E-state index is 8.95. The van der Waals surface area contributed by atoms with Crippen LogP contribution in [-0.4, -0.2) is 56.0 Å². The fourth-order valence-corrected chi connectivity index (χ4v) is 1.59. The minimum atomic E-state index is -0.0122. The Bertz CT molecular complexity index is 458. The zero-order valence-corrected chi connectivity index (χ0v) is 8.69. The number of fused-ring (bicyclic) bond motifs is 1. The average molecular weight is 226 g/mol. The number of rotatable bonds is 5. The summed E-state index contributed by atoms with van der Waals surface area (Å²) in [5.41, 5.74) is 6.29. The van der Waals surface area contributed by atoms with Crippen LogP contribution in [0, 0.1) is 0 Å². The van der Waals surface area contributed by atoms with Gasteiger partial charge in [-0.2, -0.15) is 9.31 Å².